The molecule has 2 N–H and O–H groups in total. The molecule has 166 valence electrons. The number of hydrogen-bond donors (Lipinski definition) is 2. The summed E-state index contributed by atoms with van der Waals surface area (Å²) in [7, 11) is -2.98. The Labute approximate surface area is 181 Å². The van der Waals surface area contributed by atoms with Crippen molar-refractivity contribution in [3.05, 3.63) is 72.8 Å². The van der Waals surface area contributed by atoms with Gasteiger partial charge in [-0.05, 0) is 63.1 Å². The van der Waals surface area contributed by atoms with Crippen LogP contribution in [0.5, 0.6) is 11.5 Å². The molecule has 0 aliphatic carbocycles. The molecule has 0 atom stereocenters. The van der Waals surface area contributed by atoms with Gasteiger partial charge in [0, 0.05) is 13.2 Å². The number of benzene rings is 2. The molecule has 0 unspecified atom stereocenters. The van der Waals surface area contributed by atoms with Crippen molar-refractivity contribution in [2.75, 3.05) is 24.7 Å². The fourth-order valence-electron chi connectivity index (χ4n) is 2.31. The van der Waals surface area contributed by atoms with E-state index >= 15 is 0 Å². The fraction of sp³-hybridized carbons (Fsp3) is 0.333. The maximum absolute atomic E-state index is 11.1. The smallest absolute Gasteiger partial charge is 0.157 e. The minimum absolute atomic E-state index is 0.0693. The number of phenols is 2. The highest BCUT2D eigenvalue weighted by molar-refractivity contribution is 7.91. The van der Waals surface area contributed by atoms with Gasteiger partial charge in [-0.3, -0.25) is 0 Å². The lowest BCUT2D eigenvalue weighted by molar-refractivity contribution is 0.162. The van der Waals surface area contributed by atoms with E-state index in [-0.39, 0.29) is 23.0 Å². The molecule has 30 heavy (non-hydrogen) atoms. The molecule has 0 radical (unpaired) electrons. The van der Waals surface area contributed by atoms with E-state index in [1.807, 2.05) is 38.1 Å². The van der Waals surface area contributed by atoms with E-state index in [4.69, 9.17) is 14.9 Å². The Hall–Kier alpha value is -2.57. The molecule has 0 aliphatic rings. The number of ether oxygens (including phenoxy) is 1. The van der Waals surface area contributed by atoms with Crippen molar-refractivity contribution in [3.63, 3.8) is 0 Å². The van der Waals surface area contributed by atoms with Gasteiger partial charge < -0.3 is 14.9 Å². The molecule has 0 aromatic heterocycles. The highest BCUT2D eigenvalue weighted by atomic mass is 32.2. The minimum atomic E-state index is -2.98. The maximum atomic E-state index is 11.1. The molecule has 5 nitrogen and oxygen atoms in total. The summed E-state index contributed by atoms with van der Waals surface area (Å²) in [5.41, 5.74) is 3.38. The first kappa shape index (κ1) is 27.4. The monoisotopic (exact) mass is 434 g/mol. The van der Waals surface area contributed by atoms with E-state index < -0.39 is 9.84 Å². The van der Waals surface area contributed by atoms with Crippen LogP contribution in [0.3, 0.4) is 0 Å². The fourth-order valence-corrected chi connectivity index (χ4v) is 3.92. The molecule has 2 aromatic rings. The van der Waals surface area contributed by atoms with E-state index in [0.29, 0.717) is 11.1 Å². The van der Waals surface area contributed by atoms with Crippen LogP contribution in [-0.2, 0) is 14.6 Å². The number of sulfone groups is 1. The van der Waals surface area contributed by atoms with Gasteiger partial charge in [-0.25, -0.2) is 8.42 Å². The van der Waals surface area contributed by atoms with Gasteiger partial charge in [-0.2, -0.15) is 0 Å². The first-order valence-electron chi connectivity index (χ1n) is 9.66. The Balaban J connectivity index is 0.000000471. The standard InChI is InChI=1S/C12H10O2.C8H14O2S.C4H10O/c13-11-5-1-9(2-6-11)10-3-7-12(14)8-4-10;1-7(2)5-11(9,10)6-8(3)4;1-3-5-4-2/h1-8,13-14H;1,3,5-6H2,2,4H3;3-4H2,1-2H3. The van der Waals surface area contributed by atoms with E-state index in [1.165, 1.54) is 0 Å². The lowest BCUT2D eigenvalue weighted by Gasteiger charge is -2.01. The van der Waals surface area contributed by atoms with E-state index in [2.05, 4.69) is 13.2 Å². The third kappa shape index (κ3) is 13.6. The van der Waals surface area contributed by atoms with Gasteiger partial charge in [0.25, 0.3) is 0 Å². The van der Waals surface area contributed by atoms with Crippen LogP contribution in [0.4, 0.5) is 0 Å². The Morgan fingerprint density at radius 1 is 0.767 bits per heavy atom. The van der Waals surface area contributed by atoms with Crippen molar-refractivity contribution >= 4 is 9.84 Å². The van der Waals surface area contributed by atoms with Crippen LogP contribution in [0.2, 0.25) is 0 Å². The van der Waals surface area contributed by atoms with Crippen LogP contribution in [0.15, 0.2) is 72.8 Å². The molecule has 0 aliphatic heterocycles. The molecule has 2 rings (SSSR count). The Bertz CT molecular complexity index is 799. The largest absolute Gasteiger partial charge is 0.508 e. The van der Waals surface area contributed by atoms with Gasteiger partial charge in [0.15, 0.2) is 9.84 Å². The van der Waals surface area contributed by atoms with Crippen LogP contribution in [0.25, 0.3) is 11.1 Å². The van der Waals surface area contributed by atoms with Crippen molar-refractivity contribution < 1.29 is 23.4 Å². The average Bonchev–Trinajstić information content (AvgIpc) is 2.63. The third-order valence-electron chi connectivity index (χ3n) is 3.41. The first-order valence-corrected chi connectivity index (χ1v) is 11.5. The molecular formula is C24H34O5S. The van der Waals surface area contributed by atoms with Gasteiger partial charge in [0.05, 0.1) is 11.5 Å². The maximum Gasteiger partial charge on any atom is 0.157 e. The van der Waals surface area contributed by atoms with Crippen molar-refractivity contribution in [2.45, 2.75) is 27.7 Å². The van der Waals surface area contributed by atoms with Crippen molar-refractivity contribution in [1.82, 2.24) is 0 Å². The van der Waals surface area contributed by atoms with Crippen molar-refractivity contribution in [3.8, 4) is 22.6 Å². The third-order valence-corrected chi connectivity index (χ3v) is 5.27. The topological polar surface area (TPSA) is 83.8 Å². The minimum Gasteiger partial charge on any atom is -0.508 e. The molecule has 0 bridgehead atoms. The van der Waals surface area contributed by atoms with Gasteiger partial charge in [0.1, 0.15) is 11.5 Å². The van der Waals surface area contributed by atoms with Gasteiger partial charge in [-0.15, -0.1) is 0 Å². The summed E-state index contributed by atoms with van der Waals surface area (Å²) in [4.78, 5) is 0. The average molecular weight is 435 g/mol. The molecule has 6 heteroatoms. The van der Waals surface area contributed by atoms with E-state index in [1.54, 1.807) is 38.1 Å². The first-order chi connectivity index (χ1) is 14.0. The van der Waals surface area contributed by atoms with Crippen molar-refractivity contribution in [2.24, 2.45) is 0 Å². The van der Waals surface area contributed by atoms with Crippen LogP contribution >= 0.6 is 0 Å². The zero-order valence-corrected chi connectivity index (χ0v) is 19.2. The molecule has 0 amide bonds. The second-order valence-corrected chi connectivity index (χ2v) is 8.89. The Morgan fingerprint density at radius 2 is 1.07 bits per heavy atom. The molecule has 0 heterocycles. The van der Waals surface area contributed by atoms with E-state index in [9.17, 15) is 8.42 Å². The van der Waals surface area contributed by atoms with Gasteiger partial charge in [0.2, 0.25) is 0 Å². The van der Waals surface area contributed by atoms with Crippen LogP contribution in [0.1, 0.15) is 27.7 Å². The number of rotatable bonds is 7. The summed E-state index contributed by atoms with van der Waals surface area (Å²) in [5.74, 6) is 0.653. The molecule has 2 aromatic carbocycles. The summed E-state index contributed by atoms with van der Waals surface area (Å²) in [6.45, 7) is 16.2. The summed E-state index contributed by atoms with van der Waals surface area (Å²) >= 11 is 0. The molecule has 0 saturated heterocycles. The number of phenolic OH excluding ortho intramolecular Hbond substituents is 2. The molecular weight excluding hydrogens is 400 g/mol. The van der Waals surface area contributed by atoms with Crippen LogP contribution in [-0.4, -0.2) is 43.4 Å². The summed E-state index contributed by atoms with van der Waals surface area (Å²) < 4.78 is 27.1. The number of hydrogen-bond acceptors (Lipinski definition) is 5. The summed E-state index contributed by atoms with van der Waals surface area (Å²) in [6.07, 6.45) is 0. The van der Waals surface area contributed by atoms with Gasteiger partial charge in [-0.1, -0.05) is 48.6 Å². The SMILES string of the molecule is C=C(C)CS(=O)(=O)CC(=C)C.CCOCC.Oc1ccc(-c2ccc(O)cc2)cc1. The van der Waals surface area contributed by atoms with Crippen LogP contribution < -0.4 is 0 Å². The second-order valence-electron chi connectivity index (χ2n) is 6.82. The summed E-state index contributed by atoms with van der Waals surface area (Å²) in [6, 6.07) is 13.9. The zero-order valence-electron chi connectivity index (χ0n) is 18.4. The molecule has 0 saturated carbocycles. The van der Waals surface area contributed by atoms with E-state index in [0.717, 1.165) is 24.3 Å². The lowest BCUT2D eigenvalue weighted by atomic mass is 10.1. The predicted octanol–water partition coefficient (Wildman–Crippen LogP) is 5.36. The Kier molecular flexibility index (Phi) is 13.2. The zero-order chi connectivity index (χ0) is 23.2. The highest BCUT2D eigenvalue weighted by Crippen LogP contribution is 2.23. The highest BCUT2D eigenvalue weighted by Gasteiger charge is 2.10. The second kappa shape index (κ2) is 14.4. The Morgan fingerprint density at radius 3 is 1.27 bits per heavy atom. The molecule has 0 spiro atoms. The predicted molar refractivity (Wildman–Crippen MR) is 126 cm³/mol. The molecule has 0 fully saturated rings. The quantitative estimate of drug-likeness (QED) is 0.573. The number of aromatic hydroxyl groups is 2. The lowest BCUT2D eigenvalue weighted by Crippen LogP contribution is -2.11. The van der Waals surface area contributed by atoms with Crippen molar-refractivity contribution in [1.29, 1.82) is 0 Å². The van der Waals surface area contributed by atoms with Gasteiger partial charge >= 0.3 is 0 Å². The van der Waals surface area contributed by atoms with Crippen LogP contribution in [0, 0.1) is 0 Å². The summed E-state index contributed by atoms with van der Waals surface area (Å²) in [5, 5.41) is 18.2. The normalized spacial score (nSPS) is 10.1.